The zero-order valence-electron chi connectivity index (χ0n) is 10.6. The van der Waals surface area contributed by atoms with Gasteiger partial charge in [-0.05, 0) is 42.8 Å². The maximum absolute atomic E-state index is 9.23. The van der Waals surface area contributed by atoms with Crippen molar-refractivity contribution >= 4 is 27.2 Å². The summed E-state index contributed by atoms with van der Waals surface area (Å²) >= 11 is 1.71. The first-order valence-electron chi connectivity index (χ1n) is 6.10. The number of nitrogens with one attached hydrogen (secondary N) is 1. The average Bonchev–Trinajstić information content (AvgIpc) is 2.83. The number of benzene rings is 2. The Morgan fingerprint density at radius 3 is 2.68 bits per heavy atom. The second kappa shape index (κ2) is 4.90. The van der Waals surface area contributed by atoms with Gasteiger partial charge in [0.25, 0.3) is 0 Å². The average molecular weight is 270 g/mol. The van der Waals surface area contributed by atoms with E-state index in [-0.39, 0.29) is 5.75 Å². The fraction of sp³-hybridized carbons (Fsp3) is 0.133. The molecule has 0 aliphatic carbocycles. The molecule has 1 aromatic heterocycles. The third kappa shape index (κ3) is 2.53. The van der Waals surface area contributed by atoms with Crippen molar-refractivity contribution in [2.24, 2.45) is 0 Å². The number of hydrogen-bond donors (Lipinski definition) is 2. The molecule has 0 aliphatic heterocycles. The molecule has 96 valence electrons. The van der Waals surface area contributed by atoms with Crippen LogP contribution in [0.4, 0.5) is 5.69 Å². The minimum Gasteiger partial charge on any atom is -0.508 e. The van der Waals surface area contributed by atoms with E-state index in [1.165, 1.54) is 10.3 Å². The normalized spacial score (nSPS) is 10.8. The van der Waals surface area contributed by atoms with Gasteiger partial charge in [0.15, 0.2) is 0 Å². The lowest BCUT2D eigenvalue weighted by molar-refractivity contribution is 0.475. The van der Waals surface area contributed by atoms with E-state index in [1.807, 2.05) is 12.1 Å². The second-order valence-electron chi connectivity index (χ2n) is 4.43. The number of hydrogen-bond acceptors (Lipinski definition) is 4. The SMILES string of the molecule is Cc1cccc2sc(CNc3ccc(O)cc3)nc12. The third-order valence-corrected chi connectivity index (χ3v) is 4.00. The van der Waals surface area contributed by atoms with Crippen LogP contribution < -0.4 is 5.32 Å². The maximum atomic E-state index is 9.23. The zero-order valence-corrected chi connectivity index (χ0v) is 11.4. The van der Waals surface area contributed by atoms with E-state index in [4.69, 9.17) is 0 Å². The van der Waals surface area contributed by atoms with Crippen LogP contribution >= 0.6 is 11.3 Å². The first-order chi connectivity index (χ1) is 9.22. The highest BCUT2D eigenvalue weighted by Gasteiger charge is 2.05. The summed E-state index contributed by atoms with van der Waals surface area (Å²) in [5, 5.41) is 13.6. The van der Waals surface area contributed by atoms with Gasteiger partial charge in [-0.2, -0.15) is 0 Å². The zero-order chi connectivity index (χ0) is 13.2. The molecule has 0 saturated carbocycles. The molecule has 0 amide bonds. The largest absolute Gasteiger partial charge is 0.508 e. The summed E-state index contributed by atoms with van der Waals surface area (Å²) in [7, 11) is 0. The number of fused-ring (bicyclic) bond motifs is 1. The van der Waals surface area contributed by atoms with Crippen LogP contribution in [0.3, 0.4) is 0 Å². The summed E-state index contributed by atoms with van der Waals surface area (Å²) in [6, 6.07) is 13.3. The van der Waals surface area contributed by atoms with Crippen LogP contribution in [0.1, 0.15) is 10.6 Å². The number of thiazole rings is 1. The molecule has 0 spiro atoms. The summed E-state index contributed by atoms with van der Waals surface area (Å²) in [5.41, 5.74) is 3.29. The molecule has 3 nitrogen and oxygen atoms in total. The molecule has 0 aliphatic rings. The Balaban J connectivity index is 1.78. The number of nitrogens with zero attached hydrogens (tertiary/aromatic N) is 1. The smallest absolute Gasteiger partial charge is 0.115 e. The molecule has 0 saturated heterocycles. The van der Waals surface area contributed by atoms with E-state index in [2.05, 4.69) is 35.4 Å². The third-order valence-electron chi connectivity index (χ3n) is 2.98. The molecule has 2 N–H and O–H groups in total. The van der Waals surface area contributed by atoms with Crippen molar-refractivity contribution in [3.63, 3.8) is 0 Å². The van der Waals surface area contributed by atoms with Gasteiger partial charge in [0, 0.05) is 5.69 Å². The van der Waals surface area contributed by atoms with E-state index in [0.29, 0.717) is 6.54 Å². The Bertz CT molecular complexity index is 704. The van der Waals surface area contributed by atoms with E-state index in [9.17, 15) is 5.11 Å². The van der Waals surface area contributed by atoms with Crippen molar-refractivity contribution < 1.29 is 5.11 Å². The second-order valence-corrected chi connectivity index (χ2v) is 5.54. The van der Waals surface area contributed by atoms with Crippen molar-refractivity contribution in [3.8, 4) is 5.75 Å². The van der Waals surface area contributed by atoms with Crippen molar-refractivity contribution in [2.45, 2.75) is 13.5 Å². The predicted octanol–water partition coefficient (Wildman–Crippen LogP) is 3.92. The van der Waals surface area contributed by atoms with Crippen LogP contribution in [0.5, 0.6) is 5.75 Å². The van der Waals surface area contributed by atoms with Crippen molar-refractivity contribution in [1.82, 2.24) is 4.98 Å². The lowest BCUT2D eigenvalue weighted by Crippen LogP contribution is -1.98. The van der Waals surface area contributed by atoms with Gasteiger partial charge in [0.05, 0.1) is 16.8 Å². The molecular formula is C15H14N2OS. The Labute approximate surface area is 115 Å². The van der Waals surface area contributed by atoms with Crippen LogP contribution in [0.2, 0.25) is 0 Å². The van der Waals surface area contributed by atoms with Crippen LogP contribution in [0.15, 0.2) is 42.5 Å². The lowest BCUT2D eigenvalue weighted by Gasteiger charge is -2.03. The Hall–Kier alpha value is -2.07. The minimum atomic E-state index is 0.279. The summed E-state index contributed by atoms with van der Waals surface area (Å²) in [6.45, 7) is 2.78. The highest BCUT2D eigenvalue weighted by atomic mass is 32.1. The summed E-state index contributed by atoms with van der Waals surface area (Å²) in [6.07, 6.45) is 0. The van der Waals surface area contributed by atoms with Crippen LogP contribution in [0, 0.1) is 6.92 Å². The predicted molar refractivity (Wildman–Crippen MR) is 79.8 cm³/mol. The van der Waals surface area contributed by atoms with Gasteiger partial charge in [-0.15, -0.1) is 11.3 Å². The fourth-order valence-corrected chi connectivity index (χ4v) is 2.95. The number of phenolic OH excluding ortho intramolecular Hbond substituents is 1. The van der Waals surface area contributed by atoms with E-state index >= 15 is 0 Å². The summed E-state index contributed by atoms with van der Waals surface area (Å²) in [5.74, 6) is 0.279. The van der Waals surface area contributed by atoms with Crippen molar-refractivity contribution in [3.05, 3.63) is 53.0 Å². The molecule has 3 rings (SSSR count). The molecule has 1 heterocycles. The Morgan fingerprint density at radius 1 is 1.16 bits per heavy atom. The number of phenols is 1. The number of para-hydroxylation sites is 1. The number of aromatic nitrogens is 1. The molecule has 3 aromatic rings. The molecular weight excluding hydrogens is 256 g/mol. The van der Waals surface area contributed by atoms with Crippen LogP contribution in [0.25, 0.3) is 10.2 Å². The lowest BCUT2D eigenvalue weighted by atomic mass is 10.2. The number of aryl methyl sites for hydroxylation is 1. The number of rotatable bonds is 3. The van der Waals surface area contributed by atoms with Crippen molar-refractivity contribution in [1.29, 1.82) is 0 Å². The molecule has 0 unspecified atom stereocenters. The highest BCUT2D eigenvalue weighted by Crippen LogP contribution is 2.25. The molecule has 0 radical (unpaired) electrons. The summed E-state index contributed by atoms with van der Waals surface area (Å²) < 4.78 is 1.22. The van der Waals surface area contributed by atoms with Crippen molar-refractivity contribution in [2.75, 3.05) is 5.32 Å². The van der Waals surface area contributed by atoms with E-state index in [1.54, 1.807) is 23.5 Å². The van der Waals surface area contributed by atoms with Gasteiger partial charge in [-0.1, -0.05) is 12.1 Å². The maximum Gasteiger partial charge on any atom is 0.115 e. The molecule has 4 heteroatoms. The van der Waals surface area contributed by atoms with Crippen LogP contribution in [-0.2, 0) is 6.54 Å². The van der Waals surface area contributed by atoms with Gasteiger partial charge < -0.3 is 10.4 Å². The van der Waals surface area contributed by atoms with E-state index < -0.39 is 0 Å². The van der Waals surface area contributed by atoms with Gasteiger partial charge in [0.1, 0.15) is 10.8 Å². The van der Waals surface area contributed by atoms with Gasteiger partial charge >= 0.3 is 0 Å². The molecule has 0 atom stereocenters. The minimum absolute atomic E-state index is 0.279. The topological polar surface area (TPSA) is 45.1 Å². The van der Waals surface area contributed by atoms with E-state index in [0.717, 1.165) is 16.2 Å². The van der Waals surface area contributed by atoms with Gasteiger partial charge in [-0.25, -0.2) is 4.98 Å². The molecule has 2 aromatic carbocycles. The number of anilines is 1. The number of aromatic hydroxyl groups is 1. The molecule has 0 bridgehead atoms. The molecule has 19 heavy (non-hydrogen) atoms. The standard InChI is InChI=1S/C15H14N2OS/c1-10-3-2-4-13-15(10)17-14(19-13)9-16-11-5-7-12(18)8-6-11/h2-8,16,18H,9H2,1H3. The fourth-order valence-electron chi connectivity index (χ4n) is 1.96. The monoisotopic (exact) mass is 270 g/mol. The Kier molecular flexibility index (Phi) is 3.09. The quantitative estimate of drug-likeness (QED) is 0.709. The molecule has 0 fully saturated rings. The summed E-state index contributed by atoms with van der Waals surface area (Å²) in [4.78, 5) is 4.65. The first kappa shape index (κ1) is 12.0. The van der Waals surface area contributed by atoms with Gasteiger partial charge in [0.2, 0.25) is 0 Å². The Morgan fingerprint density at radius 2 is 1.95 bits per heavy atom. The van der Waals surface area contributed by atoms with Crippen LogP contribution in [-0.4, -0.2) is 10.1 Å². The first-order valence-corrected chi connectivity index (χ1v) is 6.92. The van der Waals surface area contributed by atoms with Gasteiger partial charge in [-0.3, -0.25) is 0 Å². The highest BCUT2D eigenvalue weighted by molar-refractivity contribution is 7.18.